The van der Waals surface area contributed by atoms with Crippen molar-refractivity contribution >= 4 is 27.3 Å². The molecule has 1 atom stereocenters. The second kappa shape index (κ2) is 4.77. The minimum atomic E-state index is -3.85. The van der Waals surface area contributed by atoms with Crippen LogP contribution in [-0.4, -0.2) is 27.4 Å². The summed E-state index contributed by atoms with van der Waals surface area (Å²) >= 11 is 5.94. The van der Waals surface area contributed by atoms with Crippen molar-refractivity contribution < 1.29 is 23.0 Å². The van der Waals surface area contributed by atoms with E-state index in [1.54, 1.807) is 18.2 Å². The zero-order valence-electron chi connectivity index (χ0n) is 12.0. The number of benzene rings is 2. The molecule has 8 heteroatoms. The smallest absolute Gasteiger partial charge is 0.264 e. The number of hydrogen-bond acceptors (Lipinski definition) is 5. The van der Waals surface area contributed by atoms with Gasteiger partial charge in [-0.15, -0.1) is 0 Å². The monoisotopic (exact) mass is 353 g/mol. The first-order valence-corrected chi connectivity index (χ1v) is 8.61. The van der Waals surface area contributed by atoms with Crippen LogP contribution in [0, 0.1) is 0 Å². The Hall–Kier alpha value is -1.96. The van der Waals surface area contributed by atoms with Crippen molar-refractivity contribution in [2.75, 3.05) is 18.1 Å². The highest BCUT2D eigenvalue weighted by Gasteiger charge is 2.36. The zero-order chi connectivity index (χ0) is 16.4. The summed E-state index contributed by atoms with van der Waals surface area (Å²) in [5.74, 6) is 0.924. The van der Waals surface area contributed by atoms with E-state index in [0.29, 0.717) is 22.7 Å². The molecule has 2 aromatic carbocycles. The summed E-state index contributed by atoms with van der Waals surface area (Å²) in [7, 11) is -2.42. The Morgan fingerprint density at radius 2 is 1.87 bits per heavy atom. The highest BCUT2D eigenvalue weighted by Crippen LogP contribution is 2.46. The van der Waals surface area contributed by atoms with Crippen LogP contribution in [-0.2, 0) is 10.0 Å². The molecule has 0 amide bonds. The van der Waals surface area contributed by atoms with Gasteiger partial charge in [-0.1, -0.05) is 17.7 Å². The molecule has 120 valence electrons. The van der Waals surface area contributed by atoms with Gasteiger partial charge in [-0.2, -0.15) is 0 Å². The number of anilines is 1. The standard InChI is InChI=1S/C15H12ClNO5S/c1-17-11-6-13-12(21-7-22-13)5-10(11)15(18)9-3-2-8(16)4-14(9)23(17,19)20/h2-6,15,18H,7H2,1H3. The molecule has 0 aliphatic carbocycles. The minimum Gasteiger partial charge on any atom is -0.454 e. The Balaban J connectivity index is 2.05. The van der Waals surface area contributed by atoms with E-state index >= 15 is 0 Å². The first kappa shape index (κ1) is 14.6. The number of aliphatic hydroxyl groups excluding tert-OH is 1. The fourth-order valence-corrected chi connectivity index (χ4v) is 4.54. The molecule has 1 N–H and O–H groups in total. The van der Waals surface area contributed by atoms with Crippen molar-refractivity contribution in [2.45, 2.75) is 11.0 Å². The van der Waals surface area contributed by atoms with Gasteiger partial charge < -0.3 is 14.6 Å². The van der Waals surface area contributed by atoms with Gasteiger partial charge in [-0.3, -0.25) is 4.31 Å². The fraction of sp³-hybridized carbons (Fsp3) is 0.200. The lowest BCUT2D eigenvalue weighted by molar-refractivity contribution is 0.173. The summed E-state index contributed by atoms with van der Waals surface area (Å²) in [6.45, 7) is 0.0664. The minimum absolute atomic E-state index is 0.0156. The third kappa shape index (κ3) is 2.00. The van der Waals surface area contributed by atoms with Crippen LogP contribution in [0.1, 0.15) is 17.2 Å². The van der Waals surface area contributed by atoms with Gasteiger partial charge >= 0.3 is 0 Å². The summed E-state index contributed by atoms with van der Waals surface area (Å²) in [6.07, 6.45) is -1.12. The van der Waals surface area contributed by atoms with Crippen molar-refractivity contribution in [2.24, 2.45) is 0 Å². The van der Waals surface area contributed by atoms with Crippen LogP contribution < -0.4 is 13.8 Å². The SMILES string of the molecule is CN1c2cc3c(cc2C(O)c2ccc(Cl)cc2S1(=O)=O)OCO3. The van der Waals surface area contributed by atoms with Gasteiger partial charge in [-0.25, -0.2) is 8.42 Å². The molecule has 0 saturated carbocycles. The van der Waals surface area contributed by atoms with Crippen LogP contribution >= 0.6 is 11.6 Å². The Bertz CT molecular complexity index is 928. The lowest BCUT2D eigenvalue weighted by Crippen LogP contribution is -2.26. The van der Waals surface area contributed by atoms with Gasteiger partial charge in [0.25, 0.3) is 10.0 Å². The predicted molar refractivity (Wildman–Crippen MR) is 83.7 cm³/mol. The molecule has 0 radical (unpaired) electrons. The Morgan fingerprint density at radius 1 is 1.17 bits per heavy atom. The van der Waals surface area contributed by atoms with Gasteiger partial charge in [-0.05, 0) is 18.2 Å². The largest absolute Gasteiger partial charge is 0.454 e. The lowest BCUT2D eigenvalue weighted by Gasteiger charge is -2.20. The molecular weight excluding hydrogens is 342 g/mol. The van der Waals surface area contributed by atoms with Crippen LogP contribution in [0.5, 0.6) is 11.5 Å². The summed E-state index contributed by atoms with van der Waals surface area (Å²) in [5.41, 5.74) is 1.05. The Labute approximate surface area is 137 Å². The number of rotatable bonds is 0. The number of halogens is 1. The second-order valence-electron chi connectivity index (χ2n) is 5.32. The van der Waals surface area contributed by atoms with Crippen LogP contribution in [0.2, 0.25) is 5.02 Å². The molecule has 0 spiro atoms. The van der Waals surface area contributed by atoms with Gasteiger partial charge in [0, 0.05) is 29.3 Å². The number of hydrogen-bond donors (Lipinski definition) is 1. The summed E-state index contributed by atoms with van der Waals surface area (Å²) in [5, 5.41) is 11.0. The van der Waals surface area contributed by atoms with E-state index in [4.69, 9.17) is 21.1 Å². The fourth-order valence-electron chi connectivity index (χ4n) is 2.84. The first-order valence-electron chi connectivity index (χ1n) is 6.79. The van der Waals surface area contributed by atoms with Gasteiger partial charge in [0.1, 0.15) is 6.10 Å². The molecule has 4 rings (SSSR count). The number of nitrogens with zero attached hydrogens (tertiary/aromatic N) is 1. The van der Waals surface area contributed by atoms with Crippen molar-refractivity contribution in [3.05, 3.63) is 46.5 Å². The molecule has 2 aromatic rings. The van der Waals surface area contributed by atoms with Crippen LogP contribution in [0.25, 0.3) is 0 Å². The van der Waals surface area contributed by atoms with E-state index in [-0.39, 0.29) is 22.3 Å². The maximum absolute atomic E-state index is 12.9. The average molecular weight is 354 g/mol. The average Bonchev–Trinajstić information content (AvgIpc) is 2.97. The zero-order valence-corrected chi connectivity index (χ0v) is 13.6. The quantitative estimate of drug-likeness (QED) is 0.786. The van der Waals surface area contributed by atoms with Crippen molar-refractivity contribution in [3.8, 4) is 11.5 Å². The molecule has 0 aromatic heterocycles. The molecule has 0 bridgehead atoms. The number of sulfonamides is 1. The number of ether oxygens (including phenoxy) is 2. The maximum Gasteiger partial charge on any atom is 0.264 e. The van der Waals surface area contributed by atoms with E-state index < -0.39 is 16.1 Å². The molecule has 23 heavy (non-hydrogen) atoms. The van der Waals surface area contributed by atoms with Gasteiger partial charge in [0.05, 0.1) is 10.6 Å². The number of aliphatic hydroxyl groups is 1. The topological polar surface area (TPSA) is 76.1 Å². The Morgan fingerprint density at radius 3 is 2.61 bits per heavy atom. The van der Waals surface area contributed by atoms with E-state index in [1.165, 1.54) is 19.2 Å². The van der Waals surface area contributed by atoms with Gasteiger partial charge in [0.15, 0.2) is 11.5 Å². The summed E-state index contributed by atoms with van der Waals surface area (Å²) < 4.78 is 37.5. The van der Waals surface area contributed by atoms with Crippen LogP contribution in [0.3, 0.4) is 0 Å². The van der Waals surface area contributed by atoms with E-state index in [2.05, 4.69) is 0 Å². The highest BCUT2D eigenvalue weighted by atomic mass is 35.5. The highest BCUT2D eigenvalue weighted by molar-refractivity contribution is 7.92. The van der Waals surface area contributed by atoms with Gasteiger partial charge in [0.2, 0.25) is 6.79 Å². The molecule has 2 aliphatic heterocycles. The van der Waals surface area contributed by atoms with E-state index in [1.807, 2.05) is 0 Å². The molecule has 2 heterocycles. The van der Waals surface area contributed by atoms with E-state index in [0.717, 1.165) is 4.31 Å². The van der Waals surface area contributed by atoms with Crippen molar-refractivity contribution in [1.29, 1.82) is 0 Å². The van der Waals surface area contributed by atoms with Crippen LogP contribution in [0.15, 0.2) is 35.2 Å². The summed E-state index contributed by atoms with van der Waals surface area (Å²) in [6, 6.07) is 7.59. The molecule has 0 fully saturated rings. The normalized spacial score (nSPS) is 20.7. The molecule has 6 nitrogen and oxygen atoms in total. The first-order chi connectivity index (χ1) is 10.9. The third-order valence-corrected chi connectivity index (χ3v) is 6.13. The maximum atomic E-state index is 12.9. The third-order valence-electron chi connectivity index (χ3n) is 4.06. The molecule has 2 aliphatic rings. The molecular formula is C15H12ClNO5S. The Kier molecular flexibility index (Phi) is 3.03. The molecule has 0 saturated heterocycles. The molecule has 1 unspecified atom stereocenters. The lowest BCUT2D eigenvalue weighted by atomic mass is 9.99. The number of fused-ring (bicyclic) bond motifs is 3. The van der Waals surface area contributed by atoms with Crippen molar-refractivity contribution in [3.63, 3.8) is 0 Å². The van der Waals surface area contributed by atoms with Crippen LogP contribution in [0.4, 0.5) is 5.69 Å². The predicted octanol–water partition coefficient (Wildman–Crippen LogP) is 2.29. The second-order valence-corrected chi connectivity index (χ2v) is 7.70. The van der Waals surface area contributed by atoms with Crippen molar-refractivity contribution in [1.82, 2.24) is 0 Å². The van der Waals surface area contributed by atoms with E-state index in [9.17, 15) is 13.5 Å². The summed E-state index contributed by atoms with van der Waals surface area (Å²) in [4.78, 5) is -0.0156.